The second-order valence-electron chi connectivity index (χ2n) is 6.40. The monoisotopic (exact) mass is 420 g/mol. The summed E-state index contributed by atoms with van der Waals surface area (Å²) in [6, 6.07) is 10.3. The highest BCUT2D eigenvalue weighted by atomic mass is 19.4. The molecule has 0 radical (unpaired) electrons. The van der Waals surface area contributed by atoms with E-state index in [-0.39, 0.29) is 36.5 Å². The predicted molar refractivity (Wildman–Crippen MR) is 99.7 cm³/mol. The molecule has 6 nitrogen and oxygen atoms in total. The van der Waals surface area contributed by atoms with Gasteiger partial charge in [-0.2, -0.15) is 13.2 Å². The number of carbonyl (C=O) groups is 1. The summed E-state index contributed by atoms with van der Waals surface area (Å²) in [5, 5.41) is 10.0. The lowest BCUT2D eigenvalue weighted by molar-refractivity contribution is -0.137. The molecule has 0 saturated heterocycles. The minimum atomic E-state index is -4.53. The average molecular weight is 420 g/mol. The summed E-state index contributed by atoms with van der Waals surface area (Å²) in [4.78, 5) is 26.5. The molecule has 0 aliphatic carbocycles. The Kier molecular flexibility index (Phi) is 6.24. The van der Waals surface area contributed by atoms with Crippen molar-refractivity contribution in [1.82, 2.24) is 20.5 Å². The largest absolute Gasteiger partial charge is 0.416 e. The van der Waals surface area contributed by atoms with Crippen molar-refractivity contribution in [3.8, 4) is 11.4 Å². The van der Waals surface area contributed by atoms with Gasteiger partial charge >= 0.3 is 6.18 Å². The lowest BCUT2D eigenvalue weighted by atomic mass is 10.1. The maximum atomic E-state index is 13.5. The lowest BCUT2D eigenvalue weighted by Gasteiger charge is -2.08. The first kappa shape index (κ1) is 21.2. The molecule has 1 heterocycles. The number of benzene rings is 2. The number of amides is 1. The second kappa shape index (κ2) is 8.85. The molecule has 30 heavy (non-hydrogen) atoms. The molecule has 0 aliphatic heterocycles. The molecule has 0 fully saturated rings. The molecule has 0 atom stereocenters. The Morgan fingerprint density at radius 1 is 1.07 bits per heavy atom. The summed E-state index contributed by atoms with van der Waals surface area (Å²) in [6.45, 7) is 0.00201. The highest BCUT2D eigenvalue weighted by molar-refractivity contribution is 5.76. The molecule has 2 N–H and O–H groups in total. The van der Waals surface area contributed by atoms with Gasteiger partial charge in [0.15, 0.2) is 5.82 Å². The van der Waals surface area contributed by atoms with E-state index in [1.54, 1.807) is 6.07 Å². The van der Waals surface area contributed by atoms with Crippen molar-refractivity contribution in [3.05, 3.63) is 81.5 Å². The topological polar surface area (TPSA) is 87.7 Å². The highest BCUT2D eigenvalue weighted by Crippen LogP contribution is 2.31. The van der Waals surface area contributed by atoms with Crippen LogP contribution in [0.1, 0.15) is 23.2 Å². The molecule has 0 spiro atoms. The zero-order valence-electron chi connectivity index (χ0n) is 15.5. The minimum Gasteiger partial charge on any atom is -0.352 e. The van der Waals surface area contributed by atoms with Gasteiger partial charge in [0.05, 0.1) is 5.56 Å². The van der Waals surface area contributed by atoms with Crippen molar-refractivity contribution in [2.45, 2.75) is 25.6 Å². The number of H-pyrrole nitrogens is 1. The lowest BCUT2D eigenvalue weighted by Crippen LogP contribution is -2.25. The smallest absolute Gasteiger partial charge is 0.352 e. The number of carbonyl (C=O) groups excluding carboxylic acids is 1. The van der Waals surface area contributed by atoms with Crippen LogP contribution in [0.25, 0.3) is 11.4 Å². The Hall–Kier alpha value is -3.56. The number of alkyl halides is 3. The Morgan fingerprint density at radius 2 is 1.83 bits per heavy atom. The molecule has 156 valence electrons. The third-order valence-electron chi connectivity index (χ3n) is 4.25. The predicted octanol–water partition coefficient (Wildman–Crippen LogP) is 3.24. The Morgan fingerprint density at radius 3 is 2.53 bits per heavy atom. The van der Waals surface area contributed by atoms with Gasteiger partial charge in [-0.15, -0.1) is 10.2 Å². The van der Waals surface area contributed by atoms with E-state index in [1.165, 1.54) is 30.3 Å². The van der Waals surface area contributed by atoms with Crippen LogP contribution in [0.3, 0.4) is 0 Å². The molecular formula is C20H16F4N4O2. The maximum Gasteiger partial charge on any atom is 0.416 e. The van der Waals surface area contributed by atoms with Crippen molar-refractivity contribution in [2.24, 2.45) is 0 Å². The Bertz CT molecular complexity index is 1110. The van der Waals surface area contributed by atoms with Gasteiger partial charge in [0.25, 0.3) is 5.56 Å². The number of aromatic nitrogens is 3. The van der Waals surface area contributed by atoms with E-state index in [4.69, 9.17) is 0 Å². The summed E-state index contributed by atoms with van der Waals surface area (Å²) in [6.07, 6.45) is -4.65. The van der Waals surface area contributed by atoms with E-state index < -0.39 is 29.0 Å². The number of rotatable bonds is 6. The van der Waals surface area contributed by atoms with Crippen molar-refractivity contribution in [1.29, 1.82) is 0 Å². The van der Waals surface area contributed by atoms with Crippen LogP contribution >= 0.6 is 0 Å². The number of hydrogen-bond donors (Lipinski definition) is 2. The molecule has 0 unspecified atom stereocenters. The fraction of sp³-hybridized carbons (Fsp3) is 0.200. The van der Waals surface area contributed by atoms with Crippen LogP contribution in [0, 0.1) is 5.82 Å². The standard InChI is InChI=1S/C20H16F4N4O2/c21-15-7-2-1-4-13(15)11-25-17(29)9-8-16-19(30)26-18(28-27-16)12-5-3-6-14(10-12)20(22,23)24/h1-7,10H,8-9,11H2,(H,25,29)(H,26,28,30). The van der Waals surface area contributed by atoms with E-state index in [9.17, 15) is 27.2 Å². The molecule has 3 aromatic rings. The Labute approximate surface area is 168 Å². The number of nitrogens with zero attached hydrogens (tertiary/aromatic N) is 2. The molecule has 0 bridgehead atoms. The van der Waals surface area contributed by atoms with Crippen LogP contribution in [0.2, 0.25) is 0 Å². The van der Waals surface area contributed by atoms with Gasteiger partial charge in [-0.1, -0.05) is 30.3 Å². The van der Waals surface area contributed by atoms with Crippen LogP contribution in [0.4, 0.5) is 17.6 Å². The molecule has 1 aromatic heterocycles. The summed E-state index contributed by atoms with van der Waals surface area (Å²) in [5.74, 6) is -0.967. The van der Waals surface area contributed by atoms with Crippen molar-refractivity contribution >= 4 is 5.91 Å². The van der Waals surface area contributed by atoms with Crippen LogP contribution in [-0.2, 0) is 23.9 Å². The van der Waals surface area contributed by atoms with Crippen molar-refractivity contribution in [3.63, 3.8) is 0 Å². The van der Waals surface area contributed by atoms with Crippen LogP contribution in [0.15, 0.2) is 53.3 Å². The molecule has 0 aliphatic rings. The number of nitrogens with one attached hydrogen (secondary N) is 2. The van der Waals surface area contributed by atoms with Gasteiger partial charge in [0.2, 0.25) is 5.91 Å². The van der Waals surface area contributed by atoms with Gasteiger partial charge in [-0.25, -0.2) is 4.39 Å². The number of hydrogen-bond acceptors (Lipinski definition) is 4. The normalized spacial score (nSPS) is 11.3. The first-order valence-electron chi connectivity index (χ1n) is 8.87. The summed E-state index contributed by atoms with van der Waals surface area (Å²) >= 11 is 0. The summed E-state index contributed by atoms with van der Waals surface area (Å²) < 4.78 is 52.0. The zero-order chi connectivity index (χ0) is 21.7. The molecule has 10 heteroatoms. The average Bonchev–Trinajstić information content (AvgIpc) is 2.71. The first-order chi connectivity index (χ1) is 14.2. The van der Waals surface area contributed by atoms with Gasteiger partial charge in [0.1, 0.15) is 11.5 Å². The van der Waals surface area contributed by atoms with E-state index in [1.807, 2.05) is 0 Å². The van der Waals surface area contributed by atoms with Crippen LogP contribution in [-0.4, -0.2) is 21.1 Å². The first-order valence-corrected chi connectivity index (χ1v) is 8.87. The van der Waals surface area contributed by atoms with Gasteiger partial charge in [-0.05, 0) is 18.2 Å². The van der Waals surface area contributed by atoms with E-state index >= 15 is 0 Å². The minimum absolute atomic E-state index is 0.00201. The van der Waals surface area contributed by atoms with Crippen LogP contribution in [0.5, 0.6) is 0 Å². The maximum absolute atomic E-state index is 13.5. The van der Waals surface area contributed by atoms with E-state index in [2.05, 4.69) is 20.5 Å². The summed E-state index contributed by atoms with van der Waals surface area (Å²) in [5.41, 5.74) is -1.18. The quantitative estimate of drug-likeness (QED) is 0.600. The molecule has 2 aromatic carbocycles. The summed E-state index contributed by atoms with van der Waals surface area (Å²) in [7, 11) is 0. The molecular weight excluding hydrogens is 404 g/mol. The van der Waals surface area contributed by atoms with Gasteiger partial charge in [-0.3, -0.25) is 9.59 Å². The molecule has 1 amide bonds. The van der Waals surface area contributed by atoms with Crippen molar-refractivity contribution in [2.75, 3.05) is 0 Å². The third-order valence-corrected chi connectivity index (χ3v) is 4.25. The highest BCUT2D eigenvalue weighted by Gasteiger charge is 2.30. The van der Waals surface area contributed by atoms with E-state index in [0.717, 1.165) is 12.1 Å². The van der Waals surface area contributed by atoms with Crippen molar-refractivity contribution < 1.29 is 22.4 Å². The Balaban J connectivity index is 1.63. The molecule has 3 rings (SSSR count). The van der Waals surface area contributed by atoms with Gasteiger partial charge in [0, 0.05) is 30.5 Å². The molecule has 0 saturated carbocycles. The van der Waals surface area contributed by atoms with Crippen LogP contribution < -0.4 is 10.9 Å². The second-order valence-corrected chi connectivity index (χ2v) is 6.40. The van der Waals surface area contributed by atoms with Gasteiger partial charge < -0.3 is 10.3 Å². The number of aromatic amines is 1. The third kappa shape index (κ3) is 5.28. The SMILES string of the molecule is O=C(CCc1nnc(-c2cccc(C(F)(F)F)c2)[nH]c1=O)NCc1ccccc1F. The fourth-order valence-corrected chi connectivity index (χ4v) is 2.65. The zero-order valence-corrected chi connectivity index (χ0v) is 15.5. The fourth-order valence-electron chi connectivity index (χ4n) is 2.65. The number of aryl methyl sites for hydroxylation is 1. The van der Waals surface area contributed by atoms with E-state index in [0.29, 0.717) is 5.56 Å². The number of halogens is 4.